The van der Waals surface area contributed by atoms with Gasteiger partial charge in [-0.05, 0) is 25.7 Å². The van der Waals surface area contributed by atoms with Crippen molar-refractivity contribution in [1.29, 1.82) is 0 Å². The number of aryl methyl sites for hydroxylation is 2. The normalized spacial score (nSPS) is 23.9. The van der Waals surface area contributed by atoms with Gasteiger partial charge in [0.1, 0.15) is 0 Å². The van der Waals surface area contributed by atoms with Crippen LogP contribution in [-0.2, 0) is 13.6 Å². The fourth-order valence-corrected chi connectivity index (χ4v) is 3.40. The zero-order chi connectivity index (χ0) is 11.8. The van der Waals surface area contributed by atoms with Crippen LogP contribution in [0, 0.1) is 12.8 Å². The first-order chi connectivity index (χ1) is 8.22. The number of amidine groups is 1. The van der Waals surface area contributed by atoms with E-state index in [0.717, 1.165) is 35.1 Å². The minimum absolute atomic E-state index is 0.743. The smallest absolute Gasteiger partial charge is 0.157 e. The quantitative estimate of drug-likeness (QED) is 0.888. The summed E-state index contributed by atoms with van der Waals surface area (Å²) in [5.41, 5.74) is 2.35. The van der Waals surface area contributed by atoms with Gasteiger partial charge >= 0.3 is 0 Å². The van der Waals surface area contributed by atoms with Crippen molar-refractivity contribution in [3.63, 3.8) is 0 Å². The highest BCUT2D eigenvalue weighted by atomic mass is 32.2. The van der Waals surface area contributed by atoms with E-state index in [0.29, 0.717) is 0 Å². The predicted molar refractivity (Wildman–Crippen MR) is 71.2 cm³/mol. The highest BCUT2D eigenvalue weighted by molar-refractivity contribution is 8.14. The van der Waals surface area contributed by atoms with E-state index in [4.69, 9.17) is 0 Å². The van der Waals surface area contributed by atoms with Crippen LogP contribution < -0.4 is 5.32 Å². The van der Waals surface area contributed by atoms with Gasteiger partial charge in [0.2, 0.25) is 0 Å². The van der Waals surface area contributed by atoms with E-state index in [9.17, 15) is 0 Å². The van der Waals surface area contributed by atoms with Crippen molar-refractivity contribution in [2.45, 2.75) is 31.6 Å². The molecule has 0 bridgehead atoms. The number of aliphatic imine (C=N–C) groups is 1. The maximum atomic E-state index is 4.57. The standard InChI is InChI=1S/C12H18N4S/c1-8-10(7-16(2)15-8)5-13-12-14-6-11(17-12)9-3-4-9/h7,9,11H,3-6H2,1-2H3,(H,13,14). The number of nitrogens with one attached hydrogen (secondary N) is 1. The summed E-state index contributed by atoms with van der Waals surface area (Å²) < 4.78 is 1.86. The number of hydrogen-bond donors (Lipinski definition) is 1. The molecule has 2 aliphatic rings. The average Bonchev–Trinajstić information content (AvgIpc) is 2.95. The molecule has 5 heteroatoms. The second kappa shape index (κ2) is 4.37. The molecule has 0 radical (unpaired) electrons. The van der Waals surface area contributed by atoms with Crippen LogP contribution in [0.5, 0.6) is 0 Å². The summed E-state index contributed by atoms with van der Waals surface area (Å²) in [6, 6.07) is 0. The monoisotopic (exact) mass is 250 g/mol. The largest absolute Gasteiger partial charge is 0.361 e. The van der Waals surface area contributed by atoms with Crippen molar-refractivity contribution < 1.29 is 0 Å². The lowest BCUT2D eigenvalue weighted by molar-refractivity contribution is 0.756. The van der Waals surface area contributed by atoms with Gasteiger partial charge < -0.3 is 5.32 Å². The first-order valence-corrected chi connectivity index (χ1v) is 7.04. The minimum atomic E-state index is 0.743. The van der Waals surface area contributed by atoms with Crippen molar-refractivity contribution in [2.24, 2.45) is 18.0 Å². The van der Waals surface area contributed by atoms with Crippen LogP contribution >= 0.6 is 11.8 Å². The lowest BCUT2D eigenvalue weighted by Gasteiger charge is -2.07. The van der Waals surface area contributed by atoms with Gasteiger partial charge in [0.15, 0.2) is 5.17 Å². The van der Waals surface area contributed by atoms with Crippen molar-refractivity contribution in [3.05, 3.63) is 17.5 Å². The first-order valence-electron chi connectivity index (χ1n) is 6.16. The third-order valence-electron chi connectivity index (χ3n) is 3.37. The van der Waals surface area contributed by atoms with Crippen LogP contribution in [0.4, 0.5) is 0 Å². The molecule has 92 valence electrons. The summed E-state index contributed by atoms with van der Waals surface area (Å²) in [4.78, 5) is 4.57. The second-order valence-corrected chi connectivity index (χ2v) is 6.13. The van der Waals surface area contributed by atoms with Crippen molar-refractivity contribution >= 4 is 16.9 Å². The van der Waals surface area contributed by atoms with E-state index < -0.39 is 0 Å². The van der Waals surface area contributed by atoms with E-state index in [1.807, 2.05) is 30.4 Å². The third-order valence-corrected chi connectivity index (χ3v) is 4.70. The Labute approximate surface area is 106 Å². The number of nitrogens with zero attached hydrogens (tertiary/aromatic N) is 3. The molecule has 1 atom stereocenters. The molecule has 3 rings (SSSR count). The third kappa shape index (κ3) is 2.49. The van der Waals surface area contributed by atoms with Crippen LogP contribution in [0.1, 0.15) is 24.1 Å². The molecule has 2 heterocycles. The maximum absolute atomic E-state index is 4.57. The molecule has 0 saturated heterocycles. The van der Waals surface area contributed by atoms with Crippen molar-refractivity contribution in [2.75, 3.05) is 6.54 Å². The minimum Gasteiger partial charge on any atom is -0.361 e. The Kier molecular flexibility index (Phi) is 2.86. The van der Waals surface area contributed by atoms with Gasteiger partial charge in [0, 0.05) is 30.6 Å². The van der Waals surface area contributed by atoms with Gasteiger partial charge in [-0.25, -0.2) is 0 Å². The molecule has 1 aromatic rings. The summed E-state index contributed by atoms with van der Waals surface area (Å²) in [7, 11) is 1.96. The summed E-state index contributed by atoms with van der Waals surface area (Å²) in [5.74, 6) is 0.933. The molecule has 1 fully saturated rings. The van der Waals surface area contributed by atoms with Crippen LogP contribution in [0.25, 0.3) is 0 Å². The van der Waals surface area contributed by atoms with Gasteiger partial charge in [-0.3, -0.25) is 9.67 Å². The first kappa shape index (κ1) is 11.1. The molecule has 4 nitrogen and oxygen atoms in total. The van der Waals surface area contributed by atoms with E-state index in [-0.39, 0.29) is 0 Å². The Morgan fingerprint density at radius 1 is 1.53 bits per heavy atom. The Hall–Kier alpha value is -0.970. The summed E-state index contributed by atoms with van der Waals surface area (Å²) in [6.07, 6.45) is 4.88. The Balaban J connectivity index is 1.53. The molecular formula is C12H18N4S. The molecule has 1 aliphatic carbocycles. The molecule has 1 N–H and O–H groups in total. The molecule has 0 amide bonds. The number of rotatable bonds is 3. The fourth-order valence-electron chi connectivity index (χ4n) is 2.19. The molecule has 1 aromatic heterocycles. The van der Waals surface area contributed by atoms with Crippen LogP contribution in [0.15, 0.2) is 11.2 Å². The topological polar surface area (TPSA) is 42.2 Å². The number of thioether (sulfide) groups is 1. The summed E-state index contributed by atoms with van der Waals surface area (Å²) in [6.45, 7) is 3.89. The van der Waals surface area contributed by atoms with E-state index in [1.165, 1.54) is 18.4 Å². The Morgan fingerprint density at radius 2 is 2.35 bits per heavy atom. The molecule has 1 unspecified atom stereocenters. The van der Waals surface area contributed by atoms with Crippen molar-refractivity contribution in [3.8, 4) is 0 Å². The van der Waals surface area contributed by atoms with E-state index in [1.54, 1.807) is 0 Å². The van der Waals surface area contributed by atoms with Gasteiger partial charge in [0.25, 0.3) is 0 Å². The van der Waals surface area contributed by atoms with E-state index >= 15 is 0 Å². The zero-order valence-corrected chi connectivity index (χ0v) is 11.1. The average molecular weight is 250 g/mol. The lowest BCUT2D eigenvalue weighted by Crippen LogP contribution is -2.19. The van der Waals surface area contributed by atoms with Crippen LogP contribution in [0.3, 0.4) is 0 Å². The van der Waals surface area contributed by atoms with Crippen LogP contribution in [-0.4, -0.2) is 26.7 Å². The van der Waals surface area contributed by atoms with Gasteiger partial charge in [-0.1, -0.05) is 11.8 Å². The zero-order valence-electron chi connectivity index (χ0n) is 10.3. The molecular weight excluding hydrogens is 232 g/mol. The summed E-state index contributed by atoms with van der Waals surface area (Å²) in [5, 5.41) is 9.62. The van der Waals surface area contributed by atoms with E-state index in [2.05, 4.69) is 21.6 Å². The molecule has 17 heavy (non-hydrogen) atoms. The molecule has 0 spiro atoms. The maximum Gasteiger partial charge on any atom is 0.157 e. The summed E-state index contributed by atoms with van der Waals surface area (Å²) >= 11 is 1.92. The Bertz CT molecular complexity index is 447. The second-order valence-electron chi connectivity index (χ2n) is 4.91. The Morgan fingerprint density at radius 3 is 3.00 bits per heavy atom. The molecule has 0 aromatic carbocycles. The van der Waals surface area contributed by atoms with Gasteiger partial charge in [-0.2, -0.15) is 5.10 Å². The predicted octanol–water partition coefficient (Wildman–Crippen LogP) is 1.70. The lowest BCUT2D eigenvalue weighted by atomic mass is 10.3. The molecule has 1 saturated carbocycles. The number of aromatic nitrogens is 2. The SMILES string of the molecule is Cc1nn(C)cc1CNC1=NCC(C2CC2)S1. The fraction of sp³-hybridized carbons (Fsp3) is 0.667. The molecule has 1 aliphatic heterocycles. The van der Waals surface area contributed by atoms with Crippen LogP contribution in [0.2, 0.25) is 0 Å². The van der Waals surface area contributed by atoms with Gasteiger partial charge in [-0.15, -0.1) is 0 Å². The highest BCUT2D eigenvalue weighted by Gasteiger charge is 2.35. The number of hydrogen-bond acceptors (Lipinski definition) is 4. The van der Waals surface area contributed by atoms with Gasteiger partial charge in [0.05, 0.1) is 12.2 Å². The highest BCUT2D eigenvalue weighted by Crippen LogP contribution is 2.41. The van der Waals surface area contributed by atoms with Crippen molar-refractivity contribution in [1.82, 2.24) is 15.1 Å².